The number of hydrogen-bond donors (Lipinski definition) is 0. The van der Waals surface area contributed by atoms with Gasteiger partial charge in [0, 0.05) is 24.2 Å². The van der Waals surface area contributed by atoms with E-state index in [2.05, 4.69) is 11.0 Å². The number of halogens is 2. The summed E-state index contributed by atoms with van der Waals surface area (Å²) < 4.78 is 23.6. The number of esters is 1. The van der Waals surface area contributed by atoms with Gasteiger partial charge >= 0.3 is 12.1 Å². The number of nitriles is 1. The molecular formula is C38H36Cl2N4O7. The molecule has 2 atom stereocenters. The number of piperidine rings is 3. The van der Waals surface area contributed by atoms with Gasteiger partial charge in [-0.2, -0.15) is 9.99 Å². The average Bonchev–Trinajstić information content (AvgIpc) is 3.15. The van der Waals surface area contributed by atoms with Crippen LogP contribution in [0.25, 0.3) is 0 Å². The predicted molar refractivity (Wildman–Crippen MR) is 190 cm³/mol. The lowest BCUT2D eigenvalue weighted by Gasteiger charge is -2.44. The maximum absolute atomic E-state index is 13.8. The number of aromatic nitrogens is 1. The lowest BCUT2D eigenvalue weighted by Crippen LogP contribution is -2.53. The van der Waals surface area contributed by atoms with Crippen molar-refractivity contribution in [3.63, 3.8) is 0 Å². The van der Waals surface area contributed by atoms with Crippen LogP contribution in [0, 0.1) is 22.5 Å². The number of fused-ring (bicyclic) bond motifs is 3. The van der Waals surface area contributed by atoms with Crippen molar-refractivity contribution in [2.45, 2.75) is 38.0 Å². The van der Waals surface area contributed by atoms with Gasteiger partial charge in [0.15, 0.2) is 23.9 Å². The van der Waals surface area contributed by atoms with Gasteiger partial charge in [-0.25, -0.2) is 9.59 Å². The molecule has 0 radical (unpaired) electrons. The van der Waals surface area contributed by atoms with E-state index in [1.165, 1.54) is 31.5 Å². The smallest absolute Gasteiger partial charge is 0.414 e. The summed E-state index contributed by atoms with van der Waals surface area (Å²) in [4.78, 5) is 31.4. The first kappa shape index (κ1) is 35.8. The fourth-order valence-electron chi connectivity index (χ4n) is 6.61. The molecule has 264 valence electrons. The molecular weight excluding hydrogens is 695 g/mol. The van der Waals surface area contributed by atoms with E-state index in [0.717, 1.165) is 25.9 Å². The molecule has 3 fully saturated rings. The van der Waals surface area contributed by atoms with Crippen LogP contribution in [-0.2, 0) is 22.4 Å². The highest BCUT2D eigenvalue weighted by atomic mass is 35.5. The van der Waals surface area contributed by atoms with Crippen LogP contribution in [0.1, 0.15) is 51.6 Å². The standard InChI is InChI=1S/C38H36Cl2N4O7/c1-48-33-10-9-27(17-35(33)49-2)34(18-30-31(39)21-43(47)22-32(30)40)50-37(45)28-7-3-6-25(15-28)20-44(29-8-4-5-24(16-29)19-41)38(46)51-36-23-42-13-11-26(36)12-14-42/h3-10,15-17,21-22,26,34,36H,11-14,18,20,23H2,1-2H3/t34?,36-/m0/s1. The van der Waals surface area contributed by atoms with E-state index in [1.807, 2.05) is 0 Å². The fraction of sp³-hybridized carbons (Fsp3) is 0.316. The molecule has 3 saturated heterocycles. The summed E-state index contributed by atoms with van der Waals surface area (Å²) in [7, 11) is 3.02. The van der Waals surface area contributed by atoms with Gasteiger partial charge in [-0.05, 0) is 85.4 Å². The second-order valence-electron chi connectivity index (χ2n) is 12.5. The molecule has 3 aromatic carbocycles. The number of carbonyl (C=O) groups excluding carboxylic acids is 2. The van der Waals surface area contributed by atoms with Gasteiger partial charge in [-0.3, -0.25) is 9.80 Å². The summed E-state index contributed by atoms with van der Waals surface area (Å²) in [5.74, 6) is 0.571. The van der Waals surface area contributed by atoms with E-state index >= 15 is 0 Å². The number of benzene rings is 3. The zero-order chi connectivity index (χ0) is 36.1. The third-order valence-corrected chi connectivity index (χ3v) is 9.99. The monoisotopic (exact) mass is 730 g/mol. The minimum Gasteiger partial charge on any atom is -0.619 e. The Balaban J connectivity index is 1.27. The zero-order valence-corrected chi connectivity index (χ0v) is 29.6. The molecule has 3 aliphatic rings. The molecule has 4 aromatic rings. The molecule has 2 bridgehead atoms. The van der Waals surface area contributed by atoms with Gasteiger partial charge < -0.3 is 24.2 Å². The van der Waals surface area contributed by atoms with Crippen molar-refractivity contribution in [2.75, 3.05) is 38.8 Å². The van der Waals surface area contributed by atoms with Crippen molar-refractivity contribution in [1.29, 1.82) is 5.26 Å². The Morgan fingerprint density at radius 3 is 2.39 bits per heavy atom. The van der Waals surface area contributed by atoms with Crippen molar-refractivity contribution < 1.29 is 33.3 Å². The van der Waals surface area contributed by atoms with Crippen molar-refractivity contribution in [2.24, 2.45) is 5.92 Å². The molecule has 1 unspecified atom stereocenters. The second kappa shape index (κ2) is 15.9. The number of amides is 1. The Morgan fingerprint density at radius 2 is 1.73 bits per heavy atom. The summed E-state index contributed by atoms with van der Waals surface area (Å²) in [5.41, 5.74) is 2.76. The third kappa shape index (κ3) is 8.31. The number of pyridine rings is 1. The van der Waals surface area contributed by atoms with Gasteiger partial charge in [0.2, 0.25) is 0 Å². The Labute approximate surface area is 306 Å². The highest BCUT2D eigenvalue weighted by Gasteiger charge is 2.37. The number of anilines is 1. The number of hydrogen-bond acceptors (Lipinski definition) is 9. The fourth-order valence-corrected chi connectivity index (χ4v) is 7.21. The first-order chi connectivity index (χ1) is 24.6. The molecule has 0 aliphatic carbocycles. The molecule has 11 nitrogen and oxygen atoms in total. The van der Waals surface area contributed by atoms with Gasteiger partial charge in [0.25, 0.3) is 0 Å². The molecule has 1 aromatic heterocycles. The Kier molecular flexibility index (Phi) is 11.2. The van der Waals surface area contributed by atoms with Crippen LogP contribution in [0.5, 0.6) is 11.5 Å². The molecule has 51 heavy (non-hydrogen) atoms. The molecule has 4 heterocycles. The van der Waals surface area contributed by atoms with Crippen molar-refractivity contribution in [3.05, 3.63) is 122 Å². The molecule has 7 rings (SSSR count). The summed E-state index contributed by atoms with van der Waals surface area (Å²) in [6.45, 7) is 2.78. The number of carbonyl (C=O) groups is 2. The number of ether oxygens (including phenoxy) is 4. The Morgan fingerprint density at radius 1 is 1.00 bits per heavy atom. The predicted octanol–water partition coefficient (Wildman–Crippen LogP) is 6.89. The SMILES string of the molecule is COc1ccc(C(Cc2c(Cl)c[n+]([O-])cc2Cl)OC(=O)c2cccc(CN(C(=O)O[C@H]3CN4CCC3CC4)c3cccc(C#N)c3)c2)cc1OC. The average molecular weight is 732 g/mol. The minimum atomic E-state index is -0.903. The number of nitrogens with zero attached hydrogens (tertiary/aromatic N) is 4. The molecule has 0 spiro atoms. The summed E-state index contributed by atoms with van der Waals surface area (Å²) >= 11 is 12.8. The zero-order valence-electron chi connectivity index (χ0n) is 28.1. The second-order valence-corrected chi connectivity index (χ2v) is 13.3. The van der Waals surface area contributed by atoms with Crippen LogP contribution >= 0.6 is 23.2 Å². The maximum Gasteiger partial charge on any atom is 0.414 e. The quantitative estimate of drug-likeness (QED) is 0.0920. The third-order valence-electron chi connectivity index (χ3n) is 9.33. The van der Waals surface area contributed by atoms with Gasteiger partial charge in [-0.15, -0.1) is 0 Å². The first-order valence-electron chi connectivity index (χ1n) is 16.4. The minimum absolute atomic E-state index is 0.0495. The lowest BCUT2D eigenvalue weighted by molar-refractivity contribution is -0.605. The van der Waals surface area contributed by atoms with Gasteiger partial charge in [-0.1, -0.05) is 47.5 Å². The Bertz CT molecular complexity index is 1940. The van der Waals surface area contributed by atoms with Gasteiger partial charge in [0.1, 0.15) is 22.3 Å². The van der Waals surface area contributed by atoms with E-state index in [1.54, 1.807) is 66.7 Å². The van der Waals surface area contributed by atoms with Crippen molar-refractivity contribution in [1.82, 2.24) is 4.90 Å². The molecule has 1 amide bonds. The van der Waals surface area contributed by atoms with Crippen molar-refractivity contribution in [3.8, 4) is 17.6 Å². The van der Waals surface area contributed by atoms with E-state index in [9.17, 15) is 20.1 Å². The first-order valence-corrected chi connectivity index (χ1v) is 17.2. The molecule has 0 saturated carbocycles. The lowest BCUT2D eigenvalue weighted by atomic mass is 9.86. The maximum atomic E-state index is 13.8. The van der Waals surface area contributed by atoms with Crippen molar-refractivity contribution >= 4 is 41.0 Å². The summed E-state index contributed by atoms with van der Waals surface area (Å²) in [6.07, 6.45) is 2.73. The largest absolute Gasteiger partial charge is 0.619 e. The van der Waals surface area contributed by atoms with E-state index < -0.39 is 18.2 Å². The van der Waals surface area contributed by atoms with Gasteiger partial charge in [0.05, 0.1) is 38.0 Å². The summed E-state index contributed by atoms with van der Waals surface area (Å²) in [6, 6.07) is 20.8. The molecule has 3 aliphatic heterocycles. The highest BCUT2D eigenvalue weighted by molar-refractivity contribution is 6.35. The van der Waals surface area contributed by atoms with Crippen LogP contribution in [0.4, 0.5) is 10.5 Å². The van der Waals surface area contributed by atoms with E-state index in [4.69, 9.17) is 42.1 Å². The van der Waals surface area contributed by atoms with Crippen LogP contribution in [0.15, 0.2) is 79.1 Å². The molecule has 13 heteroatoms. The van der Waals surface area contributed by atoms with Crippen LogP contribution < -0.4 is 19.1 Å². The highest BCUT2D eigenvalue weighted by Crippen LogP contribution is 2.36. The number of rotatable bonds is 11. The van der Waals surface area contributed by atoms with E-state index in [-0.39, 0.29) is 34.7 Å². The van der Waals surface area contributed by atoms with Crippen LogP contribution in [0.3, 0.4) is 0 Å². The number of methoxy groups -OCH3 is 2. The Hall–Kier alpha value is -5.02. The van der Waals surface area contributed by atoms with Crippen LogP contribution in [-0.4, -0.2) is 56.9 Å². The van der Waals surface area contributed by atoms with Crippen LogP contribution in [0.2, 0.25) is 10.0 Å². The molecule has 0 N–H and O–H groups in total. The topological polar surface area (TPSA) is 128 Å². The normalized spacial score (nSPS) is 18.3. The van der Waals surface area contributed by atoms with E-state index in [0.29, 0.717) is 56.6 Å². The summed E-state index contributed by atoms with van der Waals surface area (Å²) in [5, 5.41) is 21.7.